The highest BCUT2D eigenvalue weighted by molar-refractivity contribution is 4.76. The summed E-state index contributed by atoms with van der Waals surface area (Å²) in [7, 11) is 5.36. The largest absolute Gasteiger partial charge is 0.308 e. The van der Waals surface area contributed by atoms with Gasteiger partial charge in [0.15, 0.2) is 0 Å². The molecule has 0 aromatic heterocycles. The van der Waals surface area contributed by atoms with Gasteiger partial charge in [-0.25, -0.2) is 8.78 Å². The number of rotatable bonds is 5. The molecule has 1 atom stereocenters. The van der Waals surface area contributed by atoms with E-state index in [0.717, 1.165) is 0 Å². The van der Waals surface area contributed by atoms with Crippen molar-refractivity contribution in [3.63, 3.8) is 0 Å². The van der Waals surface area contributed by atoms with Crippen molar-refractivity contribution < 1.29 is 8.78 Å². The van der Waals surface area contributed by atoms with Crippen molar-refractivity contribution >= 4 is 0 Å². The monoisotopic (exact) mass is 194 g/mol. The van der Waals surface area contributed by atoms with Crippen molar-refractivity contribution in [2.75, 3.05) is 27.7 Å². The molecule has 0 saturated heterocycles. The van der Waals surface area contributed by atoms with Gasteiger partial charge >= 0.3 is 0 Å². The van der Waals surface area contributed by atoms with Crippen molar-refractivity contribution in [2.24, 2.45) is 0 Å². The van der Waals surface area contributed by atoms with E-state index in [4.69, 9.17) is 0 Å². The van der Waals surface area contributed by atoms with E-state index in [1.54, 1.807) is 16.8 Å². The van der Waals surface area contributed by atoms with E-state index >= 15 is 0 Å². The molecule has 0 rings (SSSR count). The topological polar surface area (TPSA) is 6.48 Å². The average Bonchev–Trinajstić information content (AvgIpc) is 1.97. The molecule has 0 N–H and O–H groups in total. The summed E-state index contributed by atoms with van der Waals surface area (Å²) in [5, 5.41) is 0. The third-order valence-electron chi connectivity index (χ3n) is 2.18. The first kappa shape index (κ1) is 12.8. The Bertz CT molecular complexity index is 138. The molecule has 0 aliphatic rings. The smallest absolute Gasteiger partial charge is 0.255 e. The number of hydrogen-bond donors (Lipinski definition) is 0. The first-order chi connectivity index (χ1) is 5.86. The van der Waals surface area contributed by atoms with Crippen molar-refractivity contribution in [2.45, 2.75) is 32.4 Å². The van der Waals surface area contributed by atoms with Gasteiger partial charge in [0.2, 0.25) is 0 Å². The molecule has 0 aliphatic heterocycles. The van der Waals surface area contributed by atoms with E-state index in [0.29, 0.717) is 6.54 Å². The number of alkyl halides is 2. The molecule has 0 aromatic carbocycles. The highest BCUT2D eigenvalue weighted by Crippen LogP contribution is 2.11. The number of halogens is 2. The lowest BCUT2D eigenvalue weighted by molar-refractivity contribution is 0.0117. The second-order valence-corrected chi connectivity index (χ2v) is 3.92. The zero-order chi connectivity index (χ0) is 10.6. The fraction of sp³-hybridized carbons (Fsp3) is 1.00. The Hall–Kier alpha value is -0.220. The molecule has 0 aliphatic carbocycles. The van der Waals surface area contributed by atoms with Gasteiger partial charge in [0, 0.05) is 12.6 Å². The maximum atomic E-state index is 12.6. The molecule has 0 bridgehead atoms. The second-order valence-electron chi connectivity index (χ2n) is 3.92. The van der Waals surface area contributed by atoms with E-state index in [1.807, 2.05) is 27.9 Å². The van der Waals surface area contributed by atoms with E-state index in [-0.39, 0.29) is 6.04 Å². The van der Waals surface area contributed by atoms with Crippen LogP contribution < -0.4 is 0 Å². The van der Waals surface area contributed by atoms with Crippen molar-refractivity contribution in [1.29, 1.82) is 0 Å². The minimum Gasteiger partial charge on any atom is -0.308 e. The summed E-state index contributed by atoms with van der Waals surface area (Å²) in [4.78, 5) is 3.50. The fourth-order valence-corrected chi connectivity index (χ4v) is 1.14. The van der Waals surface area contributed by atoms with Crippen LogP contribution in [0.4, 0.5) is 8.78 Å². The molecule has 1 unspecified atom stereocenters. The third-order valence-corrected chi connectivity index (χ3v) is 2.18. The van der Waals surface area contributed by atoms with Crippen molar-refractivity contribution in [1.82, 2.24) is 9.80 Å². The first-order valence-corrected chi connectivity index (χ1v) is 4.51. The van der Waals surface area contributed by atoms with Crippen LogP contribution in [0.1, 0.15) is 13.8 Å². The molecule has 0 aromatic rings. The Kier molecular flexibility index (Phi) is 5.40. The highest BCUT2D eigenvalue weighted by Gasteiger charge is 2.26. The molecule has 13 heavy (non-hydrogen) atoms. The number of likely N-dealkylation sites (N-methyl/N-ethyl adjacent to an activating group) is 2. The Morgan fingerprint density at radius 2 is 1.54 bits per heavy atom. The van der Waals surface area contributed by atoms with E-state index in [9.17, 15) is 8.78 Å². The van der Waals surface area contributed by atoms with Crippen LogP contribution >= 0.6 is 0 Å². The van der Waals surface area contributed by atoms with Crippen LogP contribution in [-0.2, 0) is 0 Å². The van der Waals surface area contributed by atoms with Gasteiger partial charge in [-0.1, -0.05) is 0 Å². The lowest BCUT2D eigenvalue weighted by Gasteiger charge is -2.32. The molecule has 0 spiro atoms. The van der Waals surface area contributed by atoms with Gasteiger partial charge in [-0.15, -0.1) is 0 Å². The van der Waals surface area contributed by atoms with Crippen LogP contribution in [0, 0.1) is 0 Å². The van der Waals surface area contributed by atoms with Gasteiger partial charge in [-0.3, -0.25) is 4.90 Å². The van der Waals surface area contributed by atoms with Crippen LogP contribution in [0.2, 0.25) is 0 Å². The van der Waals surface area contributed by atoms with Crippen LogP contribution in [0.25, 0.3) is 0 Å². The Morgan fingerprint density at radius 1 is 1.08 bits per heavy atom. The zero-order valence-corrected chi connectivity index (χ0v) is 9.09. The normalized spacial score (nSPS) is 15.0. The Balaban J connectivity index is 4.24. The summed E-state index contributed by atoms with van der Waals surface area (Å²) in [5.74, 6) is 0. The van der Waals surface area contributed by atoms with Crippen molar-refractivity contribution in [3.8, 4) is 0 Å². The van der Waals surface area contributed by atoms with Gasteiger partial charge in [-0.05, 0) is 35.0 Å². The van der Waals surface area contributed by atoms with Gasteiger partial charge in [0.25, 0.3) is 6.43 Å². The molecule has 2 nitrogen and oxygen atoms in total. The lowest BCUT2D eigenvalue weighted by atomic mass is 10.2. The lowest BCUT2D eigenvalue weighted by Crippen LogP contribution is -2.47. The van der Waals surface area contributed by atoms with Gasteiger partial charge in [0.05, 0.1) is 6.04 Å². The molecule has 0 amide bonds. The molecule has 4 heteroatoms. The summed E-state index contributed by atoms with van der Waals surface area (Å²) < 4.78 is 25.2. The average molecular weight is 194 g/mol. The number of hydrogen-bond acceptors (Lipinski definition) is 2. The maximum absolute atomic E-state index is 12.6. The maximum Gasteiger partial charge on any atom is 0.255 e. The van der Waals surface area contributed by atoms with Crippen LogP contribution in [-0.4, -0.2) is 56.0 Å². The summed E-state index contributed by atoms with van der Waals surface area (Å²) in [6.07, 6.45) is -2.28. The SMILES string of the molecule is CC(C)N(C)C(CN(C)C)C(F)F. The minimum absolute atomic E-state index is 0.152. The number of nitrogens with zero attached hydrogens (tertiary/aromatic N) is 2. The Morgan fingerprint density at radius 3 is 1.77 bits per heavy atom. The predicted octanol–water partition coefficient (Wildman–Crippen LogP) is 1.52. The summed E-state index contributed by atoms with van der Waals surface area (Å²) >= 11 is 0. The quantitative estimate of drug-likeness (QED) is 0.654. The van der Waals surface area contributed by atoms with Gasteiger partial charge in [0.1, 0.15) is 0 Å². The van der Waals surface area contributed by atoms with Crippen molar-refractivity contribution in [3.05, 3.63) is 0 Å². The molecule has 80 valence electrons. The minimum atomic E-state index is -2.28. The standard InChI is InChI=1S/C9H20F2N2/c1-7(2)13(5)8(9(10)11)6-12(3)4/h7-9H,6H2,1-5H3. The van der Waals surface area contributed by atoms with Gasteiger partial charge in [-0.2, -0.15) is 0 Å². The second kappa shape index (κ2) is 5.50. The molecule has 0 heterocycles. The fourth-order valence-electron chi connectivity index (χ4n) is 1.14. The molecule has 0 fully saturated rings. The predicted molar refractivity (Wildman–Crippen MR) is 51.2 cm³/mol. The van der Waals surface area contributed by atoms with E-state index in [2.05, 4.69) is 0 Å². The highest BCUT2D eigenvalue weighted by atomic mass is 19.3. The Labute approximate surface area is 79.5 Å². The first-order valence-electron chi connectivity index (χ1n) is 4.51. The van der Waals surface area contributed by atoms with E-state index < -0.39 is 12.5 Å². The van der Waals surface area contributed by atoms with Crippen LogP contribution in [0.3, 0.4) is 0 Å². The van der Waals surface area contributed by atoms with E-state index in [1.165, 1.54) is 0 Å². The zero-order valence-electron chi connectivity index (χ0n) is 9.09. The van der Waals surface area contributed by atoms with Gasteiger partial charge < -0.3 is 4.90 Å². The molecular weight excluding hydrogens is 174 g/mol. The molecular formula is C9H20F2N2. The molecule has 0 saturated carbocycles. The summed E-state index contributed by atoms with van der Waals surface area (Å²) in [5.41, 5.74) is 0. The van der Waals surface area contributed by atoms with Crippen LogP contribution in [0.5, 0.6) is 0 Å². The molecule has 0 radical (unpaired) electrons. The van der Waals surface area contributed by atoms with Crippen LogP contribution in [0.15, 0.2) is 0 Å². The summed E-state index contributed by atoms with van der Waals surface area (Å²) in [6.45, 7) is 4.24. The third kappa shape index (κ3) is 4.52. The summed E-state index contributed by atoms with van der Waals surface area (Å²) in [6, 6.07) is -0.519.